The molecule has 0 amide bonds. The van der Waals surface area contributed by atoms with Gasteiger partial charge in [-0.2, -0.15) is 0 Å². The van der Waals surface area contributed by atoms with Crippen molar-refractivity contribution in [1.82, 2.24) is 10.2 Å². The highest BCUT2D eigenvalue weighted by Crippen LogP contribution is 2.29. The fraction of sp³-hybridized carbons (Fsp3) is 0.875. The van der Waals surface area contributed by atoms with E-state index in [9.17, 15) is 14.7 Å². The molecule has 22 heavy (non-hydrogen) atoms. The number of carboxylic acid groups (broad SMARTS) is 1. The van der Waals surface area contributed by atoms with E-state index < -0.39 is 23.5 Å². The topological polar surface area (TPSA) is 78.9 Å². The molecule has 0 spiro atoms. The summed E-state index contributed by atoms with van der Waals surface area (Å²) < 4.78 is 5.54. The van der Waals surface area contributed by atoms with Crippen LogP contribution >= 0.6 is 0 Å². The molecule has 0 aromatic heterocycles. The lowest BCUT2D eigenvalue weighted by Gasteiger charge is -2.43. The first-order chi connectivity index (χ1) is 10.3. The number of piperidine rings is 2. The van der Waals surface area contributed by atoms with Crippen LogP contribution in [0.25, 0.3) is 0 Å². The SMILES string of the molecule is CC(C)(C)OC(=O)[C@H]1CC(C(=O)O)CCN1C1CCNCC1. The molecule has 126 valence electrons. The summed E-state index contributed by atoms with van der Waals surface area (Å²) in [5, 5.41) is 12.6. The summed E-state index contributed by atoms with van der Waals surface area (Å²) in [6.07, 6.45) is 2.96. The number of likely N-dealkylation sites (tertiary alicyclic amines) is 1. The molecule has 0 aromatic carbocycles. The van der Waals surface area contributed by atoms with Gasteiger partial charge in [0.25, 0.3) is 0 Å². The van der Waals surface area contributed by atoms with E-state index in [4.69, 9.17) is 4.74 Å². The van der Waals surface area contributed by atoms with Gasteiger partial charge in [0.1, 0.15) is 11.6 Å². The van der Waals surface area contributed by atoms with Crippen LogP contribution in [0.1, 0.15) is 46.5 Å². The molecule has 0 aliphatic carbocycles. The Labute approximate surface area is 132 Å². The third kappa shape index (κ3) is 4.43. The summed E-state index contributed by atoms with van der Waals surface area (Å²) in [6, 6.07) is -0.0920. The molecule has 0 radical (unpaired) electrons. The largest absolute Gasteiger partial charge is 0.481 e. The number of hydrogen-bond acceptors (Lipinski definition) is 5. The van der Waals surface area contributed by atoms with Crippen molar-refractivity contribution in [2.45, 2.75) is 64.1 Å². The van der Waals surface area contributed by atoms with E-state index in [0.29, 0.717) is 25.4 Å². The van der Waals surface area contributed by atoms with Gasteiger partial charge in [-0.25, -0.2) is 0 Å². The fourth-order valence-corrected chi connectivity index (χ4v) is 3.38. The fourth-order valence-electron chi connectivity index (χ4n) is 3.38. The van der Waals surface area contributed by atoms with Crippen molar-refractivity contribution in [3.63, 3.8) is 0 Å². The highest BCUT2D eigenvalue weighted by molar-refractivity contribution is 5.78. The first kappa shape index (κ1) is 17.2. The summed E-state index contributed by atoms with van der Waals surface area (Å²) in [5.41, 5.74) is -0.549. The third-order valence-corrected chi connectivity index (χ3v) is 4.45. The van der Waals surface area contributed by atoms with Gasteiger partial charge in [0.15, 0.2) is 0 Å². The Bertz CT molecular complexity index is 413. The number of esters is 1. The van der Waals surface area contributed by atoms with Crippen molar-refractivity contribution in [2.75, 3.05) is 19.6 Å². The maximum absolute atomic E-state index is 12.6. The molecule has 2 atom stereocenters. The second-order valence-electron chi connectivity index (χ2n) is 7.33. The zero-order valence-electron chi connectivity index (χ0n) is 13.8. The number of carbonyl (C=O) groups excluding carboxylic acids is 1. The Hall–Kier alpha value is -1.14. The van der Waals surface area contributed by atoms with Crippen molar-refractivity contribution in [2.24, 2.45) is 5.92 Å². The minimum absolute atomic E-state index is 0.281. The Kier molecular flexibility index (Phi) is 5.45. The number of rotatable bonds is 3. The molecule has 2 rings (SSSR count). The van der Waals surface area contributed by atoms with Gasteiger partial charge in [0.2, 0.25) is 0 Å². The zero-order chi connectivity index (χ0) is 16.3. The van der Waals surface area contributed by atoms with Crippen LogP contribution in [0.15, 0.2) is 0 Å². The average molecular weight is 312 g/mol. The molecule has 2 saturated heterocycles. The maximum atomic E-state index is 12.6. The van der Waals surface area contributed by atoms with Gasteiger partial charge in [-0.15, -0.1) is 0 Å². The lowest BCUT2D eigenvalue weighted by atomic mass is 9.88. The molecule has 2 aliphatic heterocycles. The predicted molar refractivity (Wildman–Crippen MR) is 82.6 cm³/mol. The van der Waals surface area contributed by atoms with E-state index in [1.165, 1.54) is 0 Å². The van der Waals surface area contributed by atoms with E-state index in [1.807, 2.05) is 20.8 Å². The van der Waals surface area contributed by atoms with Crippen LogP contribution in [-0.4, -0.2) is 59.3 Å². The molecule has 6 heteroatoms. The number of hydrogen-bond donors (Lipinski definition) is 2. The standard InChI is InChI=1S/C16H28N2O4/c1-16(2,3)22-15(21)13-10-11(14(19)20)6-9-18(13)12-4-7-17-8-5-12/h11-13,17H,4-10H2,1-3H3,(H,19,20)/t11?,13-/m1/s1. The van der Waals surface area contributed by atoms with Crippen LogP contribution in [0.5, 0.6) is 0 Å². The van der Waals surface area contributed by atoms with Crippen LogP contribution in [0.2, 0.25) is 0 Å². The molecular weight excluding hydrogens is 284 g/mol. The number of nitrogens with zero attached hydrogens (tertiary/aromatic N) is 1. The lowest BCUT2D eigenvalue weighted by molar-refractivity contribution is -0.166. The lowest BCUT2D eigenvalue weighted by Crippen LogP contribution is -2.56. The summed E-state index contributed by atoms with van der Waals surface area (Å²) in [4.78, 5) is 26.1. The summed E-state index contributed by atoms with van der Waals surface area (Å²) in [7, 11) is 0. The minimum atomic E-state index is -0.807. The van der Waals surface area contributed by atoms with E-state index in [-0.39, 0.29) is 5.97 Å². The first-order valence-corrected chi connectivity index (χ1v) is 8.20. The number of carbonyl (C=O) groups is 2. The number of carboxylic acids is 1. The minimum Gasteiger partial charge on any atom is -0.481 e. The first-order valence-electron chi connectivity index (χ1n) is 8.20. The quantitative estimate of drug-likeness (QED) is 0.764. The molecule has 2 N–H and O–H groups in total. The molecular formula is C16H28N2O4. The van der Waals surface area contributed by atoms with Gasteiger partial charge in [-0.1, -0.05) is 0 Å². The number of nitrogens with one attached hydrogen (secondary N) is 1. The third-order valence-electron chi connectivity index (χ3n) is 4.45. The van der Waals surface area contributed by atoms with Crippen LogP contribution in [0.3, 0.4) is 0 Å². The van der Waals surface area contributed by atoms with E-state index in [0.717, 1.165) is 25.9 Å². The molecule has 0 bridgehead atoms. The van der Waals surface area contributed by atoms with Crippen LogP contribution in [0.4, 0.5) is 0 Å². The van der Waals surface area contributed by atoms with Crippen LogP contribution in [0, 0.1) is 5.92 Å². The Morgan fingerprint density at radius 2 is 1.82 bits per heavy atom. The number of aliphatic carboxylic acids is 1. The number of ether oxygens (including phenoxy) is 1. The monoisotopic (exact) mass is 312 g/mol. The Morgan fingerprint density at radius 3 is 2.36 bits per heavy atom. The predicted octanol–water partition coefficient (Wildman–Crippen LogP) is 1.25. The Morgan fingerprint density at radius 1 is 1.18 bits per heavy atom. The molecule has 6 nitrogen and oxygen atoms in total. The second kappa shape index (κ2) is 6.96. The second-order valence-corrected chi connectivity index (χ2v) is 7.33. The van der Waals surface area contributed by atoms with Crippen molar-refractivity contribution in [3.8, 4) is 0 Å². The molecule has 2 fully saturated rings. The van der Waals surface area contributed by atoms with Gasteiger partial charge < -0.3 is 15.2 Å². The van der Waals surface area contributed by atoms with E-state index in [2.05, 4.69) is 10.2 Å². The van der Waals surface area contributed by atoms with Crippen molar-refractivity contribution in [3.05, 3.63) is 0 Å². The smallest absolute Gasteiger partial charge is 0.323 e. The van der Waals surface area contributed by atoms with Gasteiger partial charge >= 0.3 is 11.9 Å². The van der Waals surface area contributed by atoms with E-state index in [1.54, 1.807) is 0 Å². The summed E-state index contributed by atoms with van der Waals surface area (Å²) in [5.74, 6) is -1.54. The van der Waals surface area contributed by atoms with E-state index >= 15 is 0 Å². The van der Waals surface area contributed by atoms with Gasteiger partial charge in [0, 0.05) is 12.6 Å². The molecule has 2 aliphatic rings. The average Bonchev–Trinajstić information content (AvgIpc) is 2.45. The van der Waals surface area contributed by atoms with Gasteiger partial charge in [-0.05, 0) is 59.5 Å². The summed E-state index contributed by atoms with van der Waals surface area (Å²) >= 11 is 0. The van der Waals surface area contributed by atoms with Crippen molar-refractivity contribution in [1.29, 1.82) is 0 Å². The highest BCUT2D eigenvalue weighted by Gasteiger charge is 2.41. The zero-order valence-corrected chi connectivity index (χ0v) is 13.8. The molecule has 0 saturated carbocycles. The Balaban J connectivity index is 2.11. The summed E-state index contributed by atoms with van der Waals surface area (Å²) in [6.45, 7) is 8.09. The highest BCUT2D eigenvalue weighted by atomic mass is 16.6. The molecule has 2 heterocycles. The van der Waals surface area contributed by atoms with Gasteiger partial charge in [0.05, 0.1) is 5.92 Å². The normalized spacial score (nSPS) is 28.3. The maximum Gasteiger partial charge on any atom is 0.323 e. The van der Waals surface area contributed by atoms with Gasteiger partial charge in [-0.3, -0.25) is 14.5 Å². The van der Waals surface area contributed by atoms with Crippen molar-refractivity contribution < 1.29 is 19.4 Å². The van der Waals surface area contributed by atoms with Crippen molar-refractivity contribution >= 4 is 11.9 Å². The van der Waals surface area contributed by atoms with Crippen LogP contribution in [-0.2, 0) is 14.3 Å². The molecule has 0 aromatic rings. The van der Waals surface area contributed by atoms with Crippen LogP contribution < -0.4 is 5.32 Å². The molecule has 1 unspecified atom stereocenters.